The minimum Gasteiger partial charge on any atom is -0.326 e. The van der Waals surface area contributed by atoms with E-state index in [-0.39, 0.29) is 11.3 Å². The fourth-order valence-corrected chi connectivity index (χ4v) is 4.12. The van der Waals surface area contributed by atoms with Gasteiger partial charge in [-0.1, -0.05) is 20.8 Å². The Kier molecular flexibility index (Phi) is 7.53. The van der Waals surface area contributed by atoms with E-state index >= 15 is 0 Å². The molecular formula is C14H34N4Si. The molecule has 1 rings (SSSR count). The van der Waals surface area contributed by atoms with Gasteiger partial charge in [0.05, 0.1) is 16.1 Å². The maximum absolute atomic E-state index is 3.82. The van der Waals surface area contributed by atoms with Crippen LogP contribution in [0.2, 0.25) is 0 Å². The molecule has 0 aromatic carbocycles. The fraction of sp³-hybridized carbons (Fsp3) is 1.00. The van der Waals surface area contributed by atoms with Gasteiger partial charge in [-0.05, 0) is 58.2 Å². The predicted octanol–water partition coefficient (Wildman–Crippen LogP) is 0.432. The second-order valence-corrected chi connectivity index (χ2v) is 6.19. The Morgan fingerprint density at radius 3 is 1.63 bits per heavy atom. The lowest BCUT2D eigenvalue weighted by Gasteiger charge is -2.48. The summed E-state index contributed by atoms with van der Waals surface area (Å²) in [5.74, 6) is 0. The van der Waals surface area contributed by atoms with Crippen molar-refractivity contribution in [2.24, 2.45) is 0 Å². The molecule has 1 saturated carbocycles. The third kappa shape index (κ3) is 3.79. The first-order valence-corrected chi connectivity index (χ1v) is 9.14. The van der Waals surface area contributed by atoms with Crippen LogP contribution in [-0.4, -0.2) is 41.4 Å². The minimum absolute atomic E-state index is 0.0237. The molecule has 0 saturated heterocycles. The molecule has 0 heterocycles. The number of hydrogen-bond donors (Lipinski definition) is 4. The molecule has 0 aliphatic heterocycles. The van der Waals surface area contributed by atoms with Crippen molar-refractivity contribution in [3.63, 3.8) is 0 Å². The molecule has 1 unspecified atom stereocenters. The zero-order valence-corrected chi connectivity index (χ0v) is 15.4. The molecule has 0 radical (unpaired) electrons. The van der Waals surface area contributed by atoms with Crippen molar-refractivity contribution in [1.29, 1.82) is 0 Å². The van der Waals surface area contributed by atoms with Gasteiger partial charge < -0.3 is 4.98 Å². The van der Waals surface area contributed by atoms with Gasteiger partial charge in [0.2, 0.25) is 0 Å². The van der Waals surface area contributed by atoms with Gasteiger partial charge in [-0.25, -0.2) is 0 Å². The maximum Gasteiger partial charge on any atom is 0.100 e. The molecule has 0 amide bonds. The second-order valence-electron chi connectivity index (χ2n) is 5.69. The summed E-state index contributed by atoms with van der Waals surface area (Å²) in [6.45, 7) is 9.96. The molecule has 1 aliphatic rings. The van der Waals surface area contributed by atoms with Crippen molar-refractivity contribution in [1.82, 2.24) is 20.9 Å². The summed E-state index contributed by atoms with van der Waals surface area (Å²) in [7, 11) is 1.02. The summed E-state index contributed by atoms with van der Waals surface area (Å²) in [5, 5.41) is 11.4. The summed E-state index contributed by atoms with van der Waals surface area (Å²) < 4.78 is 0. The van der Waals surface area contributed by atoms with Crippen molar-refractivity contribution in [2.45, 2.75) is 70.6 Å². The number of nitrogens with one attached hydrogen (secondary N) is 4. The summed E-state index contributed by atoms with van der Waals surface area (Å²) in [5.41, 5.74) is 0.0650. The zero-order chi connectivity index (χ0) is 14.2. The maximum atomic E-state index is 3.82. The van der Waals surface area contributed by atoms with E-state index in [9.17, 15) is 0 Å². The van der Waals surface area contributed by atoms with E-state index in [1.165, 1.54) is 38.5 Å². The van der Waals surface area contributed by atoms with Crippen molar-refractivity contribution in [3.8, 4) is 0 Å². The van der Waals surface area contributed by atoms with Crippen molar-refractivity contribution < 1.29 is 0 Å². The van der Waals surface area contributed by atoms with Crippen LogP contribution in [0, 0.1) is 0 Å². The van der Waals surface area contributed by atoms with Crippen LogP contribution in [0.25, 0.3) is 0 Å². The zero-order valence-electron chi connectivity index (χ0n) is 13.4. The van der Waals surface area contributed by atoms with Crippen molar-refractivity contribution in [3.05, 3.63) is 0 Å². The molecule has 0 aromatic heterocycles. The third-order valence-electron chi connectivity index (χ3n) is 4.29. The molecular weight excluding hydrogens is 252 g/mol. The molecule has 0 bridgehead atoms. The lowest BCUT2D eigenvalue weighted by atomic mass is 9.95. The van der Waals surface area contributed by atoms with Gasteiger partial charge >= 0.3 is 0 Å². The third-order valence-corrected chi connectivity index (χ3v) is 5.14. The Balaban J connectivity index is 2.87. The van der Waals surface area contributed by atoms with Crippen LogP contribution in [-0.2, 0) is 0 Å². The average Bonchev–Trinajstić information content (AvgIpc) is 2.80. The Labute approximate surface area is 122 Å². The van der Waals surface area contributed by atoms with Gasteiger partial charge in [0, 0.05) is 0 Å². The molecule has 5 heteroatoms. The molecule has 4 N–H and O–H groups in total. The SMILES string of the molecule is CCCNC1(N[SiH3])CCCC1(NCCC)NCCC. The molecule has 0 aromatic rings. The van der Waals surface area contributed by atoms with E-state index < -0.39 is 0 Å². The molecule has 1 fully saturated rings. The van der Waals surface area contributed by atoms with Crippen molar-refractivity contribution >= 4 is 10.4 Å². The van der Waals surface area contributed by atoms with Gasteiger partial charge in [0.1, 0.15) is 5.66 Å². The molecule has 0 spiro atoms. The van der Waals surface area contributed by atoms with E-state index in [1.807, 2.05) is 0 Å². The van der Waals surface area contributed by atoms with Crippen molar-refractivity contribution in [2.75, 3.05) is 19.6 Å². The topological polar surface area (TPSA) is 48.1 Å². The highest BCUT2D eigenvalue weighted by molar-refractivity contribution is 6.05. The van der Waals surface area contributed by atoms with E-state index in [1.54, 1.807) is 0 Å². The standard InChI is InChI=1S/C14H34N4Si/c1-4-10-15-13(16-11-5-2)8-7-9-14(13,18-19)17-12-6-3/h15-18H,4-12H2,1-3,19H3. The second kappa shape index (κ2) is 8.37. The first kappa shape index (κ1) is 17.1. The first-order valence-electron chi connectivity index (χ1n) is 8.14. The van der Waals surface area contributed by atoms with Crippen LogP contribution in [0.15, 0.2) is 0 Å². The Hall–Kier alpha value is 0.0569. The molecule has 1 atom stereocenters. The van der Waals surface area contributed by atoms with Gasteiger partial charge in [0.25, 0.3) is 0 Å². The Morgan fingerprint density at radius 1 is 0.789 bits per heavy atom. The van der Waals surface area contributed by atoms with Crippen LogP contribution >= 0.6 is 0 Å². The average molecular weight is 287 g/mol. The van der Waals surface area contributed by atoms with Crippen LogP contribution < -0.4 is 20.9 Å². The summed E-state index contributed by atoms with van der Waals surface area (Å²) in [6, 6.07) is 0. The highest BCUT2D eigenvalue weighted by Gasteiger charge is 2.52. The van der Waals surface area contributed by atoms with Gasteiger partial charge in [0.15, 0.2) is 0 Å². The lowest BCUT2D eigenvalue weighted by Crippen LogP contribution is -2.78. The van der Waals surface area contributed by atoms with Gasteiger partial charge in [-0.2, -0.15) is 0 Å². The predicted molar refractivity (Wildman–Crippen MR) is 87.3 cm³/mol. The highest BCUT2D eigenvalue weighted by atomic mass is 28.2. The molecule has 4 nitrogen and oxygen atoms in total. The summed E-state index contributed by atoms with van der Waals surface area (Å²) >= 11 is 0. The largest absolute Gasteiger partial charge is 0.326 e. The van der Waals surface area contributed by atoms with Crippen LogP contribution in [0.5, 0.6) is 0 Å². The van der Waals surface area contributed by atoms with E-state index in [2.05, 4.69) is 41.7 Å². The molecule has 1 aliphatic carbocycles. The van der Waals surface area contributed by atoms with Crippen LogP contribution in [0.3, 0.4) is 0 Å². The normalized spacial score (nSPS) is 26.1. The van der Waals surface area contributed by atoms with Crippen LogP contribution in [0.4, 0.5) is 0 Å². The minimum atomic E-state index is 0.0237. The van der Waals surface area contributed by atoms with E-state index in [4.69, 9.17) is 0 Å². The first-order chi connectivity index (χ1) is 9.20. The fourth-order valence-electron chi connectivity index (χ4n) is 3.27. The van der Waals surface area contributed by atoms with Crippen LogP contribution in [0.1, 0.15) is 59.3 Å². The number of rotatable bonds is 10. The molecule has 19 heavy (non-hydrogen) atoms. The monoisotopic (exact) mass is 286 g/mol. The summed E-state index contributed by atoms with van der Waals surface area (Å²) in [6.07, 6.45) is 7.24. The molecule has 114 valence electrons. The van der Waals surface area contributed by atoms with Gasteiger partial charge in [-0.15, -0.1) is 0 Å². The smallest absolute Gasteiger partial charge is 0.100 e. The van der Waals surface area contributed by atoms with Gasteiger partial charge in [-0.3, -0.25) is 16.0 Å². The quantitative estimate of drug-likeness (QED) is 0.348. The Bertz CT molecular complexity index is 242. The number of hydrogen-bond acceptors (Lipinski definition) is 4. The van der Waals surface area contributed by atoms with E-state index in [0.29, 0.717) is 0 Å². The lowest BCUT2D eigenvalue weighted by molar-refractivity contribution is 0.110. The highest BCUT2D eigenvalue weighted by Crippen LogP contribution is 2.35. The van der Waals surface area contributed by atoms with E-state index in [0.717, 1.165) is 30.0 Å². The summed E-state index contributed by atoms with van der Waals surface area (Å²) in [4.78, 5) is 3.72. The Morgan fingerprint density at radius 2 is 1.21 bits per heavy atom.